The topological polar surface area (TPSA) is 95.7 Å². The number of carbonyl (C=O) groups is 3. The fourth-order valence-corrected chi connectivity index (χ4v) is 2.58. The number of hydrogen-bond donors (Lipinski definition) is 1. The lowest BCUT2D eigenvalue weighted by molar-refractivity contribution is -0.155. The van der Waals surface area contributed by atoms with Crippen LogP contribution in [-0.4, -0.2) is 29.9 Å². The van der Waals surface area contributed by atoms with Crippen LogP contribution in [-0.2, 0) is 36.9 Å². The van der Waals surface area contributed by atoms with Crippen LogP contribution in [0.25, 0.3) is 0 Å². The van der Waals surface area contributed by atoms with Gasteiger partial charge in [-0.25, -0.2) is 4.79 Å². The summed E-state index contributed by atoms with van der Waals surface area (Å²) in [6.45, 7) is 1.81. The Morgan fingerprint density at radius 2 is 1.50 bits per heavy atom. The van der Waals surface area contributed by atoms with Gasteiger partial charge in [0.1, 0.15) is 18.8 Å². The normalized spacial score (nSPS) is 12.6. The van der Waals surface area contributed by atoms with Crippen LogP contribution in [0.2, 0.25) is 0 Å². The molecule has 0 heterocycles. The van der Waals surface area contributed by atoms with Gasteiger partial charge in [0, 0.05) is 12.8 Å². The molecule has 0 saturated carbocycles. The van der Waals surface area contributed by atoms with Crippen LogP contribution in [0, 0.1) is 0 Å². The molecule has 2 aromatic carbocycles. The Morgan fingerprint density at radius 1 is 0.929 bits per heavy atom. The van der Waals surface area contributed by atoms with Gasteiger partial charge in [0.05, 0.1) is 0 Å². The molecular formula is C22H25NO5. The molecule has 6 nitrogen and oxygen atoms in total. The van der Waals surface area contributed by atoms with Crippen molar-refractivity contribution in [3.8, 4) is 0 Å². The van der Waals surface area contributed by atoms with Crippen molar-refractivity contribution in [2.75, 3.05) is 0 Å². The molecule has 2 atom stereocenters. The molecule has 1 unspecified atom stereocenters. The number of ketones is 1. The van der Waals surface area contributed by atoms with Crippen molar-refractivity contribution in [1.29, 1.82) is 0 Å². The maximum atomic E-state index is 12.1. The molecule has 0 aliphatic carbocycles. The van der Waals surface area contributed by atoms with E-state index in [-0.39, 0.29) is 25.6 Å². The van der Waals surface area contributed by atoms with E-state index in [1.165, 1.54) is 0 Å². The number of rotatable bonds is 10. The second kappa shape index (κ2) is 11.0. The zero-order valence-electron chi connectivity index (χ0n) is 15.9. The molecule has 2 N–H and O–H groups in total. The van der Waals surface area contributed by atoms with Gasteiger partial charge >= 0.3 is 11.9 Å². The van der Waals surface area contributed by atoms with Gasteiger partial charge in [-0.15, -0.1) is 0 Å². The SMILES string of the molecule is CC(Cc1ccccc1)OC(=O)[C@@H](N)CCC(=O)C(=O)OCc1ccccc1. The molecule has 2 rings (SSSR count). The van der Waals surface area contributed by atoms with Gasteiger partial charge in [-0.2, -0.15) is 0 Å². The van der Waals surface area contributed by atoms with Crippen molar-refractivity contribution >= 4 is 17.7 Å². The van der Waals surface area contributed by atoms with E-state index < -0.39 is 23.8 Å². The standard InChI is InChI=1S/C22H25NO5/c1-16(14-17-8-4-2-5-9-17)28-21(25)19(23)12-13-20(24)22(26)27-15-18-10-6-3-7-11-18/h2-11,16,19H,12-15,23H2,1H3/t16?,19-/m0/s1. The first kappa shape index (κ1) is 21.3. The van der Waals surface area contributed by atoms with Gasteiger partial charge in [0.15, 0.2) is 0 Å². The highest BCUT2D eigenvalue weighted by molar-refractivity contribution is 6.33. The third-order valence-electron chi connectivity index (χ3n) is 4.11. The largest absolute Gasteiger partial charge is 0.461 e. The monoisotopic (exact) mass is 383 g/mol. The summed E-state index contributed by atoms with van der Waals surface area (Å²) in [4.78, 5) is 35.7. The molecule has 0 aromatic heterocycles. The fourth-order valence-electron chi connectivity index (χ4n) is 2.58. The molecule has 148 valence electrons. The molecule has 0 aliphatic heterocycles. The number of Topliss-reactive ketones (excluding diaryl/α,β-unsaturated/α-hetero) is 1. The summed E-state index contributed by atoms with van der Waals surface area (Å²) in [6, 6.07) is 17.7. The van der Waals surface area contributed by atoms with Crippen LogP contribution in [0.3, 0.4) is 0 Å². The quantitative estimate of drug-likeness (QED) is 0.500. The highest BCUT2D eigenvalue weighted by Crippen LogP contribution is 2.08. The third-order valence-corrected chi connectivity index (χ3v) is 4.11. The molecule has 0 aliphatic rings. The van der Waals surface area contributed by atoms with Crippen LogP contribution >= 0.6 is 0 Å². The molecule has 0 saturated heterocycles. The summed E-state index contributed by atoms with van der Waals surface area (Å²) in [5, 5.41) is 0. The third kappa shape index (κ3) is 7.32. The van der Waals surface area contributed by atoms with Gasteiger partial charge in [0.25, 0.3) is 0 Å². The average molecular weight is 383 g/mol. The molecule has 28 heavy (non-hydrogen) atoms. The minimum absolute atomic E-state index is 0.0240. The van der Waals surface area contributed by atoms with Crippen LogP contribution in [0.1, 0.15) is 30.9 Å². The highest BCUT2D eigenvalue weighted by atomic mass is 16.5. The Kier molecular flexibility index (Phi) is 8.37. The van der Waals surface area contributed by atoms with Gasteiger partial charge in [-0.1, -0.05) is 60.7 Å². The molecule has 0 radical (unpaired) electrons. The number of esters is 2. The first-order chi connectivity index (χ1) is 13.5. The average Bonchev–Trinajstić information content (AvgIpc) is 2.71. The van der Waals surface area contributed by atoms with Crippen molar-refractivity contribution in [3.63, 3.8) is 0 Å². The zero-order chi connectivity index (χ0) is 20.4. The fraction of sp³-hybridized carbons (Fsp3) is 0.318. The van der Waals surface area contributed by atoms with Gasteiger partial charge in [0.2, 0.25) is 5.78 Å². The van der Waals surface area contributed by atoms with Crippen LogP contribution in [0.4, 0.5) is 0 Å². The van der Waals surface area contributed by atoms with Gasteiger partial charge < -0.3 is 15.2 Å². The molecule has 2 aromatic rings. The molecule has 0 amide bonds. The minimum Gasteiger partial charge on any atom is -0.461 e. The molecule has 6 heteroatoms. The van der Waals surface area contributed by atoms with E-state index in [2.05, 4.69) is 0 Å². The van der Waals surface area contributed by atoms with Crippen LogP contribution in [0.5, 0.6) is 0 Å². The predicted molar refractivity (Wildman–Crippen MR) is 104 cm³/mol. The summed E-state index contributed by atoms with van der Waals surface area (Å²) in [5.41, 5.74) is 7.63. The van der Waals surface area contributed by atoms with E-state index in [9.17, 15) is 14.4 Å². The Balaban J connectivity index is 1.69. The highest BCUT2D eigenvalue weighted by Gasteiger charge is 2.22. The molecule has 0 bridgehead atoms. The second-order valence-electron chi connectivity index (χ2n) is 6.57. The molecule has 0 fully saturated rings. The lowest BCUT2D eigenvalue weighted by Gasteiger charge is -2.16. The van der Waals surface area contributed by atoms with E-state index in [1.807, 2.05) is 48.5 Å². The summed E-state index contributed by atoms with van der Waals surface area (Å²) in [5.74, 6) is -2.23. The summed E-state index contributed by atoms with van der Waals surface area (Å²) >= 11 is 0. The van der Waals surface area contributed by atoms with Crippen molar-refractivity contribution in [1.82, 2.24) is 0 Å². The minimum atomic E-state index is -0.968. The number of nitrogens with two attached hydrogens (primary N) is 1. The predicted octanol–water partition coefficient (Wildman–Crippen LogP) is 2.58. The zero-order valence-corrected chi connectivity index (χ0v) is 15.9. The first-order valence-electron chi connectivity index (χ1n) is 9.19. The molecular weight excluding hydrogens is 358 g/mol. The van der Waals surface area contributed by atoms with Crippen molar-refractivity contribution in [2.24, 2.45) is 5.73 Å². The lowest BCUT2D eigenvalue weighted by atomic mass is 10.1. The summed E-state index contributed by atoms with van der Waals surface area (Å²) < 4.78 is 10.3. The Morgan fingerprint density at radius 3 is 2.11 bits per heavy atom. The van der Waals surface area contributed by atoms with E-state index in [1.54, 1.807) is 19.1 Å². The van der Waals surface area contributed by atoms with Crippen molar-refractivity contribution in [3.05, 3.63) is 71.8 Å². The maximum absolute atomic E-state index is 12.1. The van der Waals surface area contributed by atoms with E-state index in [0.29, 0.717) is 6.42 Å². The Labute approximate surface area is 164 Å². The Bertz CT molecular complexity index is 776. The van der Waals surface area contributed by atoms with E-state index >= 15 is 0 Å². The van der Waals surface area contributed by atoms with Crippen LogP contribution in [0.15, 0.2) is 60.7 Å². The summed E-state index contributed by atoms with van der Waals surface area (Å²) in [7, 11) is 0. The van der Waals surface area contributed by atoms with Gasteiger partial charge in [-0.05, 0) is 24.5 Å². The lowest BCUT2D eigenvalue weighted by Crippen LogP contribution is -2.35. The van der Waals surface area contributed by atoms with Gasteiger partial charge in [-0.3, -0.25) is 9.59 Å². The van der Waals surface area contributed by atoms with E-state index in [0.717, 1.165) is 11.1 Å². The van der Waals surface area contributed by atoms with E-state index in [4.69, 9.17) is 15.2 Å². The second-order valence-corrected chi connectivity index (χ2v) is 6.57. The van der Waals surface area contributed by atoms with Crippen molar-refractivity contribution in [2.45, 2.75) is 44.9 Å². The van der Waals surface area contributed by atoms with Crippen molar-refractivity contribution < 1.29 is 23.9 Å². The first-order valence-corrected chi connectivity index (χ1v) is 9.19. The number of ether oxygens (including phenoxy) is 2. The number of benzene rings is 2. The maximum Gasteiger partial charge on any atom is 0.374 e. The number of hydrogen-bond acceptors (Lipinski definition) is 6. The Hall–Kier alpha value is -2.99. The summed E-state index contributed by atoms with van der Waals surface area (Å²) in [6.07, 6.45) is 0.0874. The molecule has 0 spiro atoms. The van der Waals surface area contributed by atoms with Crippen LogP contribution < -0.4 is 5.73 Å². The smallest absolute Gasteiger partial charge is 0.374 e. The number of carbonyl (C=O) groups excluding carboxylic acids is 3.